The normalized spacial score (nSPS) is 13.9. The monoisotopic (exact) mass is 454 g/mol. The second-order valence-corrected chi connectivity index (χ2v) is 8.28. The average Bonchev–Trinajstić information content (AvgIpc) is 3.26. The number of carbonyl (C=O) groups excluding carboxylic acids is 2. The zero-order valence-electron chi connectivity index (χ0n) is 18.2. The summed E-state index contributed by atoms with van der Waals surface area (Å²) in [6, 6.07) is 6.36. The standard InChI is InChI=1S/C22H26N6O3S/c1-31-21(30)16-8-6-15(7-9-16)20(29)23-10-13-28-19-17(14-24-28)18(25-22(26-19)32-2)27-11-4-3-5-12-27/h6-9,14H,3-5,10-13H2,1-2H3,(H,23,29). The van der Waals surface area contributed by atoms with Gasteiger partial charge >= 0.3 is 5.97 Å². The van der Waals surface area contributed by atoms with Crippen molar-refractivity contribution in [1.82, 2.24) is 25.1 Å². The molecule has 2 aromatic heterocycles. The largest absolute Gasteiger partial charge is 0.465 e. The van der Waals surface area contributed by atoms with Gasteiger partial charge in [-0.25, -0.2) is 19.4 Å². The van der Waals surface area contributed by atoms with E-state index in [1.54, 1.807) is 24.3 Å². The van der Waals surface area contributed by atoms with E-state index < -0.39 is 5.97 Å². The van der Waals surface area contributed by atoms with E-state index in [-0.39, 0.29) is 5.91 Å². The molecule has 0 spiro atoms. The summed E-state index contributed by atoms with van der Waals surface area (Å²) < 4.78 is 6.49. The number of ether oxygens (including phenoxy) is 1. The molecule has 1 aliphatic heterocycles. The maximum atomic E-state index is 12.5. The van der Waals surface area contributed by atoms with Crippen LogP contribution in [0.25, 0.3) is 11.0 Å². The lowest BCUT2D eigenvalue weighted by Gasteiger charge is -2.28. The van der Waals surface area contributed by atoms with Gasteiger partial charge in [0.2, 0.25) is 0 Å². The minimum atomic E-state index is -0.432. The highest BCUT2D eigenvalue weighted by atomic mass is 32.2. The zero-order chi connectivity index (χ0) is 22.5. The fraction of sp³-hybridized carbons (Fsp3) is 0.409. The molecular formula is C22H26N6O3S. The number of nitrogens with one attached hydrogen (secondary N) is 1. The van der Waals surface area contributed by atoms with Crippen LogP contribution in [0.3, 0.4) is 0 Å². The molecule has 1 amide bonds. The number of aromatic nitrogens is 4. The van der Waals surface area contributed by atoms with E-state index in [1.165, 1.54) is 38.1 Å². The van der Waals surface area contributed by atoms with Crippen LogP contribution in [0.15, 0.2) is 35.6 Å². The summed E-state index contributed by atoms with van der Waals surface area (Å²) in [5, 5.41) is 9.06. The molecule has 32 heavy (non-hydrogen) atoms. The van der Waals surface area contributed by atoms with Gasteiger partial charge in [-0.05, 0) is 49.8 Å². The fourth-order valence-electron chi connectivity index (χ4n) is 3.78. The maximum absolute atomic E-state index is 12.5. The molecule has 0 aliphatic carbocycles. The molecule has 3 heterocycles. The Labute approximate surface area is 190 Å². The molecule has 0 bridgehead atoms. The molecule has 1 N–H and O–H groups in total. The Bertz CT molecular complexity index is 1110. The predicted octanol–water partition coefficient (Wildman–Crippen LogP) is 2.76. The minimum absolute atomic E-state index is 0.216. The second kappa shape index (κ2) is 9.99. The summed E-state index contributed by atoms with van der Waals surface area (Å²) in [6.45, 7) is 2.87. The molecule has 1 saturated heterocycles. The first-order valence-corrected chi connectivity index (χ1v) is 11.8. The molecule has 0 radical (unpaired) electrons. The molecule has 168 valence electrons. The first kappa shape index (κ1) is 22.1. The number of anilines is 1. The number of piperidine rings is 1. The summed E-state index contributed by atoms with van der Waals surface area (Å²) >= 11 is 1.51. The van der Waals surface area contributed by atoms with Gasteiger partial charge in [-0.3, -0.25) is 4.79 Å². The Morgan fingerprint density at radius 2 is 1.81 bits per heavy atom. The van der Waals surface area contributed by atoms with Crippen LogP contribution in [0, 0.1) is 0 Å². The molecule has 1 aromatic carbocycles. The highest BCUT2D eigenvalue weighted by Gasteiger charge is 2.19. The lowest BCUT2D eigenvalue weighted by Crippen LogP contribution is -2.30. The van der Waals surface area contributed by atoms with Crippen molar-refractivity contribution in [2.75, 3.05) is 37.9 Å². The molecule has 0 saturated carbocycles. The van der Waals surface area contributed by atoms with Gasteiger partial charge in [0.1, 0.15) is 5.82 Å². The van der Waals surface area contributed by atoms with Gasteiger partial charge in [0.25, 0.3) is 5.91 Å². The van der Waals surface area contributed by atoms with Crippen LogP contribution in [0.4, 0.5) is 5.82 Å². The zero-order valence-corrected chi connectivity index (χ0v) is 19.0. The number of fused-ring (bicyclic) bond motifs is 1. The predicted molar refractivity (Wildman–Crippen MR) is 123 cm³/mol. The molecule has 1 fully saturated rings. The third-order valence-corrected chi connectivity index (χ3v) is 6.02. The average molecular weight is 455 g/mol. The van der Waals surface area contributed by atoms with Gasteiger partial charge in [0.05, 0.1) is 30.8 Å². The van der Waals surface area contributed by atoms with E-state index in [4.69, 9.17) is 4.98 Å². The summed E-state index contributed by atoms with van der Waals surface area (Å²) in [5.41, 5.74) is 1.66. The molecule has 10 heteroatoms. The van der Waals surface area contributed by atoms with Crippen molar-refractivity contribution in [1.29, 1.82) is 0 Å². The molecule has 4 rings (SSSR count). The molecule has 0 unspecified atom stereocenters. The molecule has 1 aliphatic rings. The van der Waals surface area contributed by atoms with E-state index in [1.807, 2.05) is 17.1 Å². The number of amides is 1. The van der Waals surface area contributed by atoms with Crippen molar-refractivity contribution in [3.05, 3.63) is 41.6 Å². The minimum Gasteiger partial charge on any atom is -0.465 e. The van der Waals surface area contributed by atoms with Gasteiger partial charge in [0, 0.05) is 25.2 Å². The van der Waals surface area contributed by atoms with Crippen molar-refractivity contribution in [2.45, 2.75) is 31.0 Å². The highest BCUT2D eigenvalue weighted by molar-refractivity contribution is 7.98. The smallest absolute Gasteiger partial charge is 0.337 e. The first-order valence-electron chi connectivity index (χ1n) is 10.6. The summed E-state index contributed by atoms with van der Waals surface area (Å²) in [5.74, 6) is 0.296. The van der Waals surface area contributed by atoms with Gasteiger partial charge in [-0.15, -0.1) is 0 Å². The Morgan fingerprint density at radius 3 is 2.50 bits per heavy atom. The SMILES string of the molecule is COC(=O)c1ccc(C(=O)NCCn2ncc3c(N4CCCCC4)nc(SC)nc32)cc1. The molecule has 0 atom stereocenters. The van der Waals surface area contributed by atoms with Crippen LogP contribution in [-0.4, -0.2) is 64.6 Å². The van der Waals surface area contributed by atoms with E-state index >= 15 is 0 Å². The number of carbonyl (C=O) groups is 2. The van der Waals surface area contributed by atoms with Crippen LogP contribution in [0.1, 0.15) is 40.0 Å². The van der Waals surface area contributed by atoms with Crippen molar-refractivity contribution >= 4 is 40.5 Å². The molecule has 3 aromatic rings. The number of hydrogen-bond acceptors (Lipinski definition) is 8. The Kier molecular flexibility index (Phi) is 6.89. The number of hydrogen-bond donors (Lipinski definition) is 1. The van der Waals surface area contributed by atoms with Gasteiger partial charge in [0.15, 0.2) is 10.8 Å². The maximum Gasteiger partial charge on any atom is 0.337 e. The summed E-state index contributed by atoms with van der Waals surface area (Å²) in [7, 11) is 1.32. The lowest BCUT2D eigenvalue weighted by atomic mass is 10.1. The van der Waals surface area contributed by atoms with E-state index in [2.05, 4.69) is 25.0 Å². The van der Waals surface area contributed by atoms with Crippen molar-refractivity contribution in [3.63, 3.8) is 0 Å². The van der Waals surface area contributed by atoms with Gasteiger partial charge in [-0.2, -0.15) is 5.10 Å². The van der Waals surface area contributed by atoms with E-state index in [0.717, 1.165) is 35.1 Å². The lowest BCUT2D eigenvalue weighted by molar-refractivity contribution is 0.0600. The number of esters is 1. The second-order valence-electron chi connectivity index (χ2n) is 7.51. The van der Waals surface area contributed by atoms with Crippen LogP contribution in [-0.2, 0) is 11.3 Å². The third kappa shape index (κ3) is 4.69. The molecule has 9 nitrogen and oxygen atoms in total. The summed E-state index contributed by atoms with van der Waals surface area (Å²) in [4.78, 5) is 35.7. The first-order chi connectivity index (χ1) is 15.6. The number of benzene rings is 1. The topological polar surface area (TPSA) is 102 Å². The number of thioether (sulfide) groups is 1. The van der Waals surface area contributed by atoms with E-state index in [9.17, 15) is 9.59 Å². The van der Waals surface area contributed by atoms with Gasteiger partial charge < -0.3 is 15.0 Å². The van der Waals surface area contributed by atoms with Crippen LogP contribution < -0.4 is 10.2 Å². The van der Waals surface area contributed by atoms with Gasteiger partial charge in [-0.1, -0.05) is 11.8 Å². The van der Waals surface area contributed by atoms with Crippen molar-refractivity contribution < 1.29 is 14.3 Å². The van der Waals surface area contributed by atoms with E-state index in [0.29, 0.717) is 24.2 Å². The summed E-state index contributed by atoms with van der Waals surface area (Å²) in [6.07, 6.45) is 7.37. The third-order valence-electron chi connectivity index (χ3n) is 5.47. The molecular weight excluding hydrogens is 428 g/mol. The Morgan fingerprint density at radius 1 is 1.09 bits per heavy atom. The van der Waals surface area contributed by atoms with Crippen LogP contribution in [0.5, 0.6) is 0 Å². The number of methoxy groups -OCH3 is 1. The van der Waals surface area contributed by atoms with Crippen molar-refractivity contribution in [2.24, 2.45) is 0 Å². The van der Waals surface area contributed by atoms with Crippen LogP contribution in [0.2, 0.25) is 0 Å². The quantitative estimate of drug-likeness (QED) is 0.330. The number of nitrogens with zero attached hydrogens (tertiary/aromatic N) is 5. The fourth-order valence-corrected chi connectivity index (χ4v) is 4.13. The highest BCUT2D eigenvalue weighted by Crippen LogP contribution is 2.28. The number of rotatable bonds is 7. The Balaban J connectivity index is 1.45. The Hall–Kier alpha value is -3.14. The van der Waals surface area contributed by atoms with Crippen molar-refractivity contribution in [3.8, 4) is 0 Å². The van der Waals surface area contributed by atoms with Crippen LogP contribution >= 0.6 is 11.8 Å².